The summed E-state index contributed by atoms with van der Waals surface area (Å²) in [4.78, 5) is 26.9. The van der Waals surface area contributed by atoms with Crippen molar-refractivity contribution in [1.29, 1.82) is 0 Å². The van der Waals surface area contributed by atoms with Gasteiger partial charge in [0.15, 0.2) is 5.16 Å². The van der Waals surface area contributed by atoms with Crippen molar-refractivity contribution in [2.75, 3.05) is 18.8 Å². The first-order valence-electron chi connectivity index (χ1n) is 11.5. The van der Waals surface area contributed by atoms with Crippen LogP contribution in [0.5, 0.6) is 0 Å². The molecule has 33 heavy (non-hydrogen) atoms. The summed E-state index contributed by atoms with van der Waals surface area (Å²) in [7, 11) is 0. The summed E-state index contributed by atoms with van der Waals surface area (Å²) in [5.74, 6) is 1.73. The Kier molecular flexibility index (Phi) is 6.44. The molecule has 8 heteroatoms. The molecule has 2 heterocycles. The zero-order valence-corrected chi connectivity index (χ0v) is 19.3. The Bertz CT molecular complexity index is 1120. The van der Waals surface area contributed by atoms with E-state index in [1.54, 1.807) is 0 Å². The van der Waals surface area contributed by atoms with Crippen LogP contribution < -0.4 is 5.32 Å². The summed E-state index contributed by atoms with van der Waals surface area (Å²) in [6.45, 7) is 2.11. The van der Waals surface area contributed by atoms with Crippen LogP contribution in [-0.2, 0) is 11.3 Å². The van der Waals surface area contributed by atoms with Gasteiger partial charge in [0.25, 0.3) is 5.91 Å². The van der Waals surface area contributed by atoms with E-state index in [-0.39, 0.29) is 17.6 Å². The standard InChI is InChI=1S/C25H27N5O2S/c31-22(26-16-18-8-10-20(11-9-18)24(32)29-14-4-5-15-29)17-33-25-28-27-23(19-12-13-19)30(25)21-6-2-1-3-7-21/h1-3,6-11,19H,4-5,12-17H2,(H,26,31). The van der Waals surface area contributed by atoms with Crippen LogP contribution in [0.4, 0.5) is 0 Å². The summed E-state index contributed by atoms with van der Waals surface area (Å²) < 4.78 is 2.08. The van der Waals surface area contributed by atoms with Crippen molar-refractivity contribution < 1.29 is 9.59 Å². The molecule has 1 aromatic heterocycles. The molecule has 1 saturated carbocycles. The van der Waals surface area contributed by atoms with Gasteiger partial charge in [-0.1, -0.05) is 42.1 Å². The minimum atomic E-state index is -0.0622. The van der Waals surface area contributed by atoms with Crippen molar-refractivity contribution in [1.82, 2.24) is 25.0 Å². The number of benzene rings is 2. The van der Waals surface area contributed by atoms with Gasteiger partial charge < -0.3 is 10.2 Å². The number of nitrogens with zero attached hydrogens (tertiary/aromatic N) is 4. The molecule has 0 unspecified atom stereocenters. The molecule has 1 N–H and O–H groups in total. The van der Waals surface area contributed by atoms with Gasteiger partial charge in [-0.15, -0.1) is 10.2 Å². The van der Waals surface area contributed by atoms with E-state index < -0.39 is 0 Å². The van der Waals surface area contributed by atoms with Crippen LogP contribution in [0, 0.1) is 0 Å². The number of thioether (sulfide) groups is 1. The van der Waals surface area contributed by atoms with E-state index in [4.69, 9.17) is 0 Å². The number of carbonyl (C=O) groups excluding carboxylic acids is 2. The minimum absolute atomic E-state index is 0.0622. The zero-order valence-electron chi connectivity index (χ0n) is 18.4. The zero-order chi connectivity index (χ0) is 22.6. The van der Waals surface area contributed by atoms with Gasteiger partial charge in [-0.3, -0.25) is 14.2 Å². The molecule has 0 atom stereocenters. The van der Waals surface area contributed by atoms with Crippen molar-refractivity contribution in [2.45, 2.75) is 43.3 Å². The second kappa shape index (κ2) is 9.79. The average Bonchev–Trinajstić information content (AvgIpc) is 3.38. The molecule has 7 nitrogen and oxygen atoms in total. The van der Waals surface area contributed by atoms with Gasteiger partial charge in [0, 0.05) is 36.8 Å². The molecule has 5 rings (SSSR count). The normalized spacial score (nSPS) is 15.6. The lowest BCUT2D eigenvalue weighted by atomic mass is 10.1. The molecule has 0 radical (unpaired) electrons. The Morgan fingerprint density at radius 2 is 1.70 bits per heavy atom. The maximum Gasteiger partial charge on any atom is 0.253 e. The summed E-state index contributed by atoms with van der Waals surface area (Å²) >= 11 is 1.40. The summed E-state index contributed by atoms with van der Waals surface area (Å²) in [6.07, 6.45) is 4.44. The van der Waals surface area contributed by atoms with Crippen LogP contribution >= 0.6 is 11.8 Å². The predicted molar refractivity (Wildman–Crippen MR) is 127 cm³/mol. The molecular formula is C25H27N5O2S. The van der Waals surface area contributed by atoms with Crippen LogP contribution in [0.1, 0.15) is 53.3 Å². The summed E-state index contributed by atoms with van der Waals surface area (Å²) in [6, 6.07) is 17.6. The van der Waals surface area contributed by atoms with Crippen molar-refractivity contribution in [2.24, 2.45) is 0 Å². The Morgan fingerprint density at radius 3 is 2.39 bits per heavy atom. The molecule has 170 valence electrons. The first-order chi connectivity index (χ1) is 16.2. The number of hydrogen-bond acceptors (Lipinski definition) is 5. The third-order valence-electron chi connectivity index (χ3n) is 6.03. The van der Waals surface area contributed by atoms with Gasteiger partial charge >= 0.3 is 0 Å². The molecule has 3 aromatic rings. The van der Waals surface area contributed by atoms with Gasteiger partial charge in [0.2, 0.25) is 5.91 Å². The number of amides is 2. The maximum atomic E-state index is 12.5. The molecule has 0 spiro atoms. The Morgan fingerprint density at radius 1 is 0.970 bits per heavy atom. The molecule has 2 aliphatic rings. The lowest BCUT2D eigenvalue weighted by Crippen LogP contribution is -2.27. The van der Waals surface area contributed by atoms with E-state index in [9.17, 15) is 9.59 Å². The highest BCUT2D eigenvalue weighted by molar-refractivity contribution is 7.99. The van der Waals surface area contributed by atoms with Crippen molar-refractivity contribution >= 4 is 23.6 Å². The molecule has 2 amide bonds. The van der Waals surface area contributed by atoms with Crippen LogP contribution in [0.2, 0.25) is 0 Å². The second-order valence-electron chi connectivity index (χ2n) is 8.55. The predicted octanol–water partition coefficient (Wildman–Crippen LogP) is 3.79. The topological polar surface area (TPSA) is 80.1 Å². The fourth-order valence-electron chi connectivity index (χ4n) is 4.05. The highest BCUT2D eigenvalue weighted by Crippen LogP contribution is 2.41. The first kappa shape index (κ1) is 21.7. The van der Waals surface area contributed by atoms with Crippen molar-refractivity contribution in [3.8, 4) is 5.69 Å². The van der Waals surface area contributed by atoms with E-state index >= 15 is 0 Å². The Hall–Kier alpha value is -3.13. The van der Waals surface area contributed by atoms with Gasteiger partial charge in [-0.25, -0.2) is 0 Å². The molecule has 1 aliphatic heterocycles. The molecule has 0 bridgehead atoms. The molecule has 2 fully saturated rings. The fraction of sp³-hybridized carbons (Fsp3) is 0.360. The van der Waals surface area contributed by atoms with Gasteiger partial charge in [-0.2, -0.15) is 0 Å². The number of aromatic nitrogens is 3. The maximum absolute atomic E-state index is 12.5. The monoisotopic (exact) mass is 461 g/mol. The third kappa shape index (κ3) is 5.11. The largest absolute Gasteiger partial charge is 0.351 e. The van der Waals surface area contributed by atoms with E-state index in [0.717, 1.165) is 61.0 Å². The van der Waals surface area contributed by atoms with Gasteiger partial charge in [-0.05, 0) is 55.5 Å². The number of para-hydroxylation sites is 1. The average molecular weight is 462 g/mol. The Labute approximate surface area is 197 Å². The molecule has 2 aromatic carbocycles. The van der Waals surface area contributed by atoms with E-state index in [0.29, 0.717) is 18.0 Å². The van der Waals surface area contributed by atoms with Crippen molar-refractivity contribution in [3.05, 3.63) is 71.5 Å². The fourth-order valence-corrected chi connectivity index (χ4v) is 4.84. The van der Waals surface area contributed by atoms with Gasteiger partial charge in [0.05, 0.1) is 5.75 Å². The minimum Gasteiger partial charge on any atom is -0.351 e. The smallest absolute Gasteiger partial charge is 0.253 e. The van der Waals surface area contributed by atoms with E-state index in [2.05, 4.69) is 20.1 Å². The molecular weight excluding hydrogens is 434 g/mol. The third-order valence-corrected chi connectivity index (χ3v) is 6.96. The molecule has 1 saturated heterocycles. The Balaban J connectivity index is 1.16. The highest BCUT2D eigenvalue weighted by Gasteiger charge is 2.31. The quantitative estimate of drug-likeness (QED) is 0.517. The van der Waals surface area contributed by atoms with E-state index in [1.807, 2.05) is 59.5 Å². The number of carbonyl (C=O) groups is 2. The first-order valence-corrected chi connectivity index (χ1v) is 12.5. The van der Waals surface area contributed by atoms with Crippen LogP contribution in [0.3, 0.4) is 0 Å². The van der Waals surface area contributed by atoms with Crippen molar-refractivity contribution in [3.63, 3.8) is 0 Å². The van der Waals surface area contributed by atoms with Crippen LogP contribution in [0.15, 0.2) is 59.8 Å². The number of rotatable bonds is 8. The van der Waals surface area contributed by atoms with Crippen LogP contribution in [0.25, 0.3) is 5.69 Å². The highest BCUT2D eigenvalue weighted by atomic mass is 32.2. The lowest BCUT2D eigenvalue weighted by Gasteiger charge is -2.15. The molecule has 1 aliphatic carbocycles. The van der Waals surface area contributed by atoms with E-state index in [1.165, 1.54) is 11.8 Å². The summed E-state index contributed by atoms with van der Waals surface area (Å²) in [5, 5.41) is 12.5. The number of hydrogen-bond donors (Lipinski definition) is 1. The number of likely N-dealkylation sites (tertiary alicyclic amines) is 1. The number of nitrogens with one attached hydrogen (secondary N) is 1. The van der Waals surface area contributed by atoms with Gasteiger partial charge in [0.1, 0.15) is 5.82 Å². The lowest BCUT2D eigenvalue weighted by molar-refractivity contribution is -0.118. The van der Waals surface area contributed by atoms with Crippen LogP contribution in [-0.4, -0.2) is 50.3 Å². The SMILES string of the molecule is O=C(CSc1nnc(C2CC2)n1-c1ccccc1)NCc1ccc(C(=O)N2CCCC2)cc1. The second-order valence-corrected chi connectivity index (χ2v) is 9.49. The summed E-state index contributed by atoms with van der Waals surface area (Å²) in [5.41, 5.74) is 2.69.